The highest BCUT2D eigenvalue weighted by Crippen LogP contribution is 2.05. The molecule has 1 N–H and O–H groups in total. The zero-order valence-corrected chi connectivity index (χ0v) is 13.2. The minimum atomic E-state index is -0.280. The van der Waals surface area contributed by atoms with Gasteiger partial charge < -0.3 is 10.1 Å². The van der Waals surface area contributed by atoms with E-state index >= 15 is 0 Å². The second-order valence-corrected chi connectivity index (χ2v) is 5.52. The van der Waals surface area contributed by atoms with Gasteiger partial charge in [0, 0.05) is 19.4 Å². The number of carbonyl (C=O) groups excluding carboxylic acids is 2. The summed E-state index contributed by atoms with van der Waals surface area (Å²) in [5.41, 5.74) is 1.13. The van der Waals surface area contributed by atoms with Crippen molar-refractivity contribution in [3.63, 3.8) is 0 Å². The van der Waals surface area contributed by atoms with Crippen LogP contribution < -0.4 is 5.32 Å². The fraction of sp³-hybridized carbons (Fsp3) is 0.750. The topological polar surface area (TPSA) is 55.4 Å². The number of carbonyl (C=O) groups is 2. The lowest BCUT2D eigenvalue weighted by Gasteiger charge is -2.07. The summed E-state index contributed by atoms with van der Waals surface area (Å²) in [6, 6.07) is 0. The molecule has 0 aliphatic carbocycles. The van der Waals surface area contributed by atoms with Crippen LogP contribution in [0.15, 0.2) is 12.2 Å². The van der Waals surface area contributed by atoms with Crippen LogP contribution in [0.25, 0.3) is 0 Å². The Bertz CT molecular complexity index is 311. The predicted molar refractivity (Wildman–Crippen MR) is 81.6 cm³/mol. The molecule has 0 heterocycles. The summed E-state index contributed by atoms with van der Waals surface area (Å²) in [5, 5.41) is 3.29. The zero-order chi connectivity index (χ0) is 15.4. The first-order chi connectivity index (χ1) is 9.41. The number of Topliss-reactive ketones (excluding diaryl/α,β-unsaturated/α-hetero) is 1. The van der Waals surface area contributed by atoms with Crippen LogP contribution in [-0.2, 0) is 14.3 Å². The van der Waals surface area contributed by atoms with Crippen molar-refractivity contribution in [2.75, 3.05) is 13.1 Å². The van der Waals surface area contributed by atoms with Crippen molar-refractivity contribution in [3.8, 4) is 0 Å². The van der Waals surface area contributed by atoms with E-state index in [2.05, 4.69) is 11.9 Å². The van der Waals surface area contributed by atoms with Crippen molar-refractivity contribution in [2.45, 2.75) is 65.4 Å². The fourth-order valence-corrected chi connectivity index (χ4v) is 1.74. The summed E-state index contributed by atoms with van der Waals surface area (Å²) < 4.78 is 4.98. The molecule has 0 unspecified atom stereocenters. The summed E-state index contributed by atoms with van der Waals surface area (Å²) in [6.07, 6.45) is 3.96. The summed E-state index contributed by atoms with van der Waals surface area (Å²) in [7, 11) is 0. The monoisotopic (exact) mass is 283 g/mol. The third-order valence-electron chi connectivity index (χ3n) is 2.71. The number of nitrogens with one attached hydrogen (secondary N) is 1. The molecule has 0 fully saturated rings. The molecule has 0 radical (unpaired) electrons. The van der Waals surface area contributed by atoms with Crippen molar-refractivity contribution in [1.29, 1.82) is 0 Å². The summed E-state index contributed by atoms with van der Waals surface area (Å²) in [4.78, 5) is 22.8. The largest absolute Gasteiger partial charge is 0.463 e. The van der Waals surface area contributed by atoms with Crippen LogP contribution in [0.4, 0.5) is 0 Å². The Labute approximate surface area is 123 Å². The van der Waals surface area contributed by atoms with Gasteiger partial charge in [0.05, 0.1) is 12.5 Å². The van der Waals surface area contributed by atoms with E-state index in [1.165, 1.54) is 0 Å². The molecular weight excluding hydrogens is 254 g/mol. The molecule has 0 spiro atoms. The van der Waals surface area contributed by atoms with Gasteiger partial charge in [0.15, 0.2) is 0 Å². The predicted octanol–water partition coefficient (Wildman–Crippen LogP) is 3.01. The third kappa shape index (κ3) is 13.3. The highest BCUT2D eigenvalue weighted by molar-refractivity contribution is 5.82. The zero-order valence-electron chi connectivity index (χ0n) is 13.2. The van der Waals surface area contributed by atoms with Gasteiger partial charge in [-0.15, -0.1) is 0 Å². The summed E-state index contributed by atoms with van der Waals surface area (Å²) in [5.74, 6) is -0.127. The number of hydrogen-bond donors (Lipinski definition) is 1. The molecule has 0 aromatic carbocycles. The number of ketones is 1. The van der Waals surface area contributed by atoms with Crippen molar-refractivity contribution in [2.24, 2.45) is 0 Å². The van der Waals surface area contributed by atoms with Crippen LogP contribution in [0.1, 0.15) is 59.3 Å². The average molecular weight is 283 g/mol. The van der Waals surface area contributed by atoms with Gasteiger partial charge in [-0.25, -0.2) is 0 Å². The van der Waals surface area contributed by atoms with E-state index in [1.54, 1.807) is 0 Å². The summed E-state index contributed by atoms with van der Waals surface area (Å²) in [6.45, 7) is 11.2. The van der Waals surface area contributed by atoms with E-state index in [-0.39, 0.29) is 24.3 Å². The summed E-state index contributed by atoms with van der Waals surface area (Å²) >= 11 is 0. The maximum Gasteiger partial charge on any atom is 0.306 e. The van der Waals surface area contributed by atoms with E-state index in [4.69, 9.17) is 4.74 Å². The molecule has 0 saturated heterocycles. The lowest BCUT2D eigenvalue weighted by atomic mass is 10.1. The average Bonchev–Trinajstić information content (AvgIpc) is 2.34. The molecule has 0 aliphatic heterocycles. The quantitative estimate of drug-likeness (QED) is 0.340. The van der Waals surface area contributed by atoms with Crippen molar-refractivity contribution in [1.82, 2.24) is 5.32 Å². The van der Waals surface area contributed by atoms with E-state index in [0.717, 1.165) is 37.9 Å². The first-order valence-corrected chi connectivity index (χ1v) is 7.48. The van der Waals surface area contributed by atoms with Crippen molar-refractivity contribution >= 4 is 11.8 Å². The smallest absolute Gasteiger partial charge is 0.306 e. The van der Waals surface area contributed by atoms with Gasteiger partial charge in [-0.3, -0.25) is 9.59 Å². The maximum absolute atomic E-state index is 11.6. The molecule has 0 saturated carbocycles. The number of ether oxygens (including phenoxy) is 1. The Kier molecular flexibility index (Phi) is 11.0. The SMILES string of the molecule is C=C(C)CNCCCCCC(=O)CCC(=O)OC(C)C. The van der Waals surface area contributed by atoms with E-state index < -0.39 is 0 Å². The molecule has 0 bridgehead atoms. The van der Waals surface area contributed by atoms with Crippen LogP contribution >= 0.6 is 0 Å². The standard InChI is InChI=1S/C16H29NO3/c1-13(2)12-17-11-7-5-6-8-15(18)9-10-16(19)20-14(3)4/h14,17H,1,5-12H2,2-4H3. The molecule has 0 aromatic rings. The molecule has 0 atom stereocenters. The number of unbranched alkanes of at least 4 members (excludes halogenated alkanes) is 2. The number of hydrogen-bond acceptors (Lipinski definition) is 4. The highest BCUT2D eigenvalue weighted by atomic mass is 16.5. The van der Waals surface area contributed by atoms with E-state index in [0.29, 0.717) is 12.8 Å². The molecule has 20 heavy (non-hydrogen) atoms. The first kappa shape index (κ1) is 18.8. The Balaban J connectivity index is 3.41. The molecular formula is C16H29NO3. The van der Waals surface area contributed by atoms with Gasteiger partial charge >= 0.3 is 5.97 Å². The third-order valence-corrected chi connectivity index (χ3v) is 2.71. The lowest BCUT2D eigenvalue weighted by molar-refractivity contribution is -0.148. The normalized spacial score (nSPS) is 10.6. The lowest BCUT2D eigenvalue weighted by Crippen LogP contribution is -2.17. The Morgan fingerprint density at radius 1 is 1.10 bits per heavy atom. The fourth-order valence-electron chi connectivity index (χ4n) is 1.74. The molecule has 4 heteroatoms. The Morgan fingerprint density at radius 2 is 1.80 bits per heavy atom. The number of rotatable bonds is 12. The Morgan fingerprint density at radius 3 is 2.40 bits per heavy atom. The van der Waals surface area contributed by atoms with Gasteiger partial charge in [-0.05, 0) is 40.2 Å². The number of esters is 1. The maximum atomic E-state index is 11.6. The first-order valence-electron chi connectivity index (χ1n) is 7.48. The minimum Gasteiger partial charge on any atom is -0.463 e. The molecule has 0 amide bonds. The van der Waals surface area contributed by atoms with Crippen LogP contribution in [0.5, 0.6) is 0 Å². The minimum absolute atomic E-state index is 0.107. The van der Waals surface area contributed by atoms with Crippen LogP contribution in [0.2, 0.25) is 0 Å². The van der Waals surface area contributed by atoms with Gasteiger partial charge in [-0.2, -0.15) is 0 Å². The van der Waals surface area contributed by atoms with Gasteiger partial charge in [0.25, 0.3) is 0 Å². The van der Waals surface area contributed by atoms with Crippen LogP contribution in [0.3, 0.4) is 0 Å². The second kappa shape index (κ2) is 11.6. The molecule has 4 nitrogen and oxygen atoms in total. The van der Waals surface area contributed by atoms with Gasteiger partial charge in [0.1, 0.15) is 5.78 Å². The van der Waals surface area contributed by atoms with Crippen LogP contribution in [-0.4, -0.2) is 30.9 Å². The van der Waals surface area contributed by atoms with Crippen LogP contribution in [0, 0.1) is 0 Å². The molecule has 116 valence electrons. The van der Waals surface area contributed by atoms with Crippen molar-refractivity contribution in [3.05, 3.63) is 12.2 Å². The second-order valence-electron chi connectivity index (χ2n) is 5.52. The van der Waals surface area contributed by atoms with E-state index in [1.807, 2.05) is 20.8 Å². The Hall–Kier alpha value is -1.16. The van der Waals surface area contributed by atoms with E-state index in [9.17, 15) is 9.59 Å². The molecule has 0 rings (SSSR count). The van der Waals surface area contributed by atoms with Crippen molar-refractivity contribution < 1.29 is 14.3 Å². The van der Waals surface area contributed by atoms with Gasteiger partial charge in [0.2, 0.25) is 0 Å². The molecule has 0 aromatic heterocycles. The highest BCUT2D eigenvalue weighted by Gasteiger charge is 2.09. The molecule has 0 aliphatic rings. The van der Waals surface area contributed by atoms with Gasteiger partial charge in [-0.1, -0.05) is 18.6 Å².